The molecule has 0 aromatic heterocycles. The molecular weight excluding hydrogens is 753 g/mol. The summed E-state index contributed by atoms with van der Waals surface area (Å²) in [5, 5.41) is 0. The van der Waals surface area contributed by atoms with Gasteiger partial charge in [-0.2, -0.15) is 0 Å². The Hall–Kier alpha value is -1.74. The number of ether oxygens (including phenoxy) is 6. The minimum atomic E-state index is -0.274. The van der Waals surface area contributed by atoms with Crippen LogP contribution in [0.25, 0.3) is 0 Å². The molecule has 18 unspecified atom stereocenters. The molecule has 6 bridgehead atoms. The fourth-order valence-electron chi connectivity index (χ4n) is 16.6. The standard InChI is InChI=1S/C52H80O8/c1-3-51(53)59-31-40-22-37-25-46(40)49-19-34(16-43(37)49)28-56-12-8-5-7-11-55-27-33-15-42-36-21-39(45(24-36)48(42)18-33)30-58-14-10-6-9-13-57-29-35-17-44-38-23-41(32-60-52(54)4-2)47(26-38)50(44)20-35/h3-4,33-50H,1-2,5-32H2. The van der Waals surface area contributed by atoms with E-state index in [0.717, 1.165) is 173 Å². The van der Waals surface area contributed by atoms with E-state index in [0.29, 0.717) is 25.0 Å². The summed E-state index contributed by atoms with van der Waals surface area (Å²) >= 11 is 0. The quantitative estimate of drug-likeness (QED) is 0.0484. The first kappa shape index (κ1) is 43.5. The molecule has 9 saturated carbocycles. The van der Waals surface area contributed by atoms with E-state index in [-0.39, 0.29) is 11.9 Å². The van der Waals surface area contributed by atoms with Gasteiger partial charge < -0.3 is 28.4 Å². The van der Waals surface area contributed by atoms with Crippen molar-refractivity contribution in [3.05, 3.63) is 25.3 Å². The number of carbonyl (C=O) groups is 2. The molecule has 9 aliphatic carbocycles. The molecule has 0 aromatic rings. The van der Waals surface area contributed by atoms with E-state index in [9.17, 15) is 9.59 Å². The van der Waals surface area contributed by atoms with Crippen molar-refractivity contribution < 1.29 is 38.0 Å². The van der Waals surface area contributed by atoms with Crippen LogP contribution in [-0.4, -0.2) is 78.0 Å². The normalized spacial score (nSPS) is 42.5. The zero-order valence-electron chi connectivity index (χ0n) is 37.0. The second-order valence-corrected chi connectivity index (χ2v) is 22.1. The molecule has 9 aliphatic rings. The monoisotopic (exact) mass is 833 g/mol. The predicted octanol–water partition coefficient (Wildman–Crippen LogP) is 9.75. The van der Waals surface area contributed by atoms with Crippen LogP contribution in [0.2, 0.25) is 0 Å². The van der Waals surface area contributed by atoms with Crippen molar-refractivity contribution in [2.24, 2.45) is 107 Å². The fourth-order valence-corrected chi connectivity index (χ4v) is 16.6. The third-order valence-electron chi connectivity index (χ3n) is 18.9. The number of fused-ring (bicyclic) bond motifs is 15. The number of hydrogen-bond acceptors (Lipinski definition) is 8. The lowest BCUT2D eigenvalue weighted by Gasteiger charge is -2.31. The maximum absolute atomic E-state index is 11.6. The maximum Gasteiger partial charge on any atom is 0.330 e. The zero-order chi connectivity index (χ0) is 41.0. The molecule has 60 heavy (non-hydrogen) atoms. The third-order valence-corrected chi connectivity index (χ3v) is 18.9. The first-order valence-corrected chi connectivity index (χ1v) is 25.3. The SMILES string of the molecule is C=CC(=O)OCC1CC2CC1C1CC(COCCCCCOCC3CC4C5CC(COCCCCCOCC6CC7C8CC(COC(=O)C=C)C(C8)C7C6)C(C5)C4C3)CC21. The van der Waals surface area contributed by atoms with Crippen LogP contribution in [0.15, 0.2) is 25.3 Å². The molecule has 9 fully saturated rings. The van der Waals surface area contributed by atoms with E-state index >= 15 is 0 Å². The Bertz CT molecular complexity index is 1450. The van der Waals surface area contributed by atoms with E-state index in [4.69, 9.17) is 28.4 Å². The minimum Gasteiger partial charge on any atom is -0.462 e. The van der Waals surface area contributed by atoms with Crippen LogP contribution in [0.5, 0.6) is 0 Å². The summed E-state index contributed by atoms with van der Waals surface area (Å²) in [6.07, 6.45) is 25.7. The van der Waals surface area contributed by atoms with Gasteiger partial charge in [0.2, 0.25) is 0 Å². The van der Waals surface area contributed by atoms with Crippen LogP contribution in [0.4, 0.5) is 0 Å². The molecule has 0 amide bonds. The maximum atomic E-state index is 11.6. The van der Waals surface area contributed by atoms with Crippen molar-refractivity contribution in [2.45, 2.75) is 116 Å². The lowest BCUT2D eigenvalue weighted by atomic mass is 9.76. The highest BCUT2D eigenvalue weighted by Gasteiger charge is 2.58. The van der Waals surface area contributed by atoms with Crippen molar-refractivity contribution in [1.29, 1.82) is 0 Å². The van der Waals surface area contributed by atoms with Crippen molar-refractivity contribution in [3.8, 4) is 0 Å². The van der Waals surface area contributed by atoms with E-state index in [2.05, 4.69) is 13.2 Å². The fraction of sp³-hybridized carbons (Fsp3) is 0.885. The lowest BCUT2D eigenvalue weighted by molar-refractivity contribution is -0.140. The number of esters is 2. The Morgan fingerprint density at radius 1 is 0.367 bits per heavy atom. The molecule has 0 saturated heterocycles. The first-order chi connectivity index (χ1) is 29.4. The Kier molecular flexibility index (Phi) is 14.8. The number of unbranched alkanes of at least 4 members (excludes halogenated alkanes) is 4. The van der Waals surface area contributed by atoms with Gasteiger partial charge in [0.15, 0.2) is 0 Å². The van der Waals surface area contributed by atoms with Crippen LogP contribution < -0.4 is 0 Å². The molecule has 9 rings (SSSR count). The average molecular weight is 833 g/mol. The van der Waals surface area contributed by atoms with Gasteiger partial charge in [-0.3, -0.25) is 0 Å². The highest BCUT2D eigenvalue weighted by Crippen LogP contribution is 2.64. The Morgan fingerprint density at radius 2 is 0.683 bits per heavy atom. The molecule has 0 spiro atoms. The molecule has 0 aromatic carbocycles. The van der Waals surface area contributed by atoms with Crippen molar-refractivity contribution in [1.82, 2.24) is 0 Å². The van der Waals surface area contributed by atoms with Crippen LogP contribution in [-0.2, 0) is 38.0 Å². The molecular formula is C52H80O8. The molecule has 0 heterocycles. The van der Waals surface area contributed by atoms with Gasteiger partial charge in [-0.1, -0.05) is 13.2 Å². The van der Waals surface area contributed by atoms with Gasteiger partial charge in [-0.05, 0) is 222 Å². The number of carbonyl (C=O) groups excluding carboxylic acids is 2. The summed E-state index contributed by atoms with van der Waals surface area (Å²) < 4.78 is 35.9. The lowest BCUT2D eigenvalue weighted by Crippen LogP contribution is -2.28. The highest BCUT2D eigenvalue weighted by molar-refractivity contribution is 5.81. The Balaban J connectivity index is 0.550. The predicted molar refractivity (Wildman–Crippen MR) is 232 cm³/mol. The Labute approximate surface area is 362 Å². The van der Waals surface area contributed by atoms with Gasteiger partial charge in [-0.15, -0.1) is 0 Å². The minimum absolute atomic E-state index is 0.274. The molecule has 18 atom stereocenters. The summed E-state index contributed by atoms with van der Waals surface area (Å²) in [6.45, 7) is 15.6. The molecule has 0 radical (unpaired) electrons. The largest absolute Gasteiger partial charge is 0.462 e. The van der Waals surface area contributed by atoms with Crippen LogP contribution in [0.1, 0.15) is 116 Å². The summed E-state index contributed by atoms with van der Waals surface area (Å²) in [6, 6.07) is 0. The van der Waals surface area contributed by atoms with Crippen LogP contribution in [0.3, 0.4) is 0 Å². The first-order valence-electron chi connectivity index (χ1n) is 25.3. The van der Waals surface area contributed by atoms with Crippen LogP contribution >= 0.6 is 0 Å². The summed E-state index contributed by atoms with van der Waals surface area (Å²) in [5.41, 5.74) is 0. The number of hydrogen-bond donors (Lipinski definition) is 0. The van der Waals surface area contributed by atoms with Gasteiger partial charge in [0.05, 0.1) is 13.2 Å². The topological polar surface area (TPSA) is 89.5 Å². The van der Waals surface area contributed by atoms with Crippen molar-refractivity contribution in [2.75, 3.05) is 66.1 Å². The van der Waals surface area contributed by atoms with Gasteiger partial charge >= 0.3 is 11.9 Å². The number of rotatable bonds is 26. The summed E-state index contributed by atoms with van der Waals surface area (Å²) in [7, 11) is 0. The summed E-state index contributed by atoms with van der Waals surface area (Å²) in [5.74, 6) is 13.9. The smallest absolute Gasteiger partial charge is 0.330 e. The van der Waals surface area contributed by atoms with Gasteiger partial charge in [0, 0.05) is 65.0 Å². The van der Waals surface area contributed by atoms with E-state index in [1.54, 1.807) is 0 Å². The average Bonchev–Trinajstić information content (AvgIpc) is 4.10. The second-order valence-electron chi connectivity index (χ2n) is 22.1. The van der Waals surface area contributed by atoms with Crippen molar-refractivity contribution in [3.63, 3.8) is 0 Å². The molecule has 0 aliphatic heterocycles. The van der Waals surface area contributed by atoms with Gasteiger partial charge in [0.25, 0.3) is 0 Å². The second kappa shape index (κ2) is 20.4. The molecule has 8 nitrogen and oxygen atoms in total. The van der Waals surface area contributed by atoms with E-state index < -0.39 is 0 Å². The highest BCUT2D eigenvalue weighted by atomic mass is 16.5. The molecule has 336 valence electrons. The zero-order valence-corrected chi connectivity index (χ0v) is 37.0. The summed E-state index contributed by atoms with van der Waals surface area (Å²) in [4.78, 5) is 23.1. The molecule has 8 heteroatoms. The molecule has 0 N–H and O–H groups in total. The Morgan fingerprint density at radius 3 is 1.03 bits per heavy atom. The van der Waals surface area contributed by atoms with Crippen molar-refractivity contribution >= 4 is 11.9 Å². The van der Waals surface area contributed by atoms with Gasteiger partial charge in [-0.25, -0.2) is 9.59 Å². The van der Waals surface area contributed by atoms with E-state index in [1.165, 1.54) is 102 Å². The third kappa shape index (κ3) is 9.82. The van der Waals surface area contributed by atoms with Crippen LogP contribution in [0, 0.1) is 107 Å². The van der Waals surface area contributed by atoms with E-state index in [1.807, 2.05) is 0 Å². The van der Waals surface area contributed by atoms with Gasteiger partial charge in [0.1, 0.15) is 0 Å².